The molecule has 0 saturated carbocycles. The number of ether oxygens (including phenoxy) is 2. The van der Waals surface area contributed by atoms with Gasteiger partial charge in [-0.15, -0.1) is 0 Å². The monoisotopic (exact) mass is 793 g/mol. The molecule has 4 heteroatoms. The molecule has 0 aromatic rings. The third-order valence-corrected chi connectivity index (χ3v) is 12.2. The van der Waals surface area contributed by atoms with Crippen LogP contribution < -0.4 is 0 Å². The number of aliphatic hydroxyl groups excluding tert-OH is 1. The van der Waals surface area contributed by atoms with Gasteiger partial charge in [0.1, 0.15) is 6.10 Å². The molecule has 336 valence electrons. The summed E-state index contributed by atoms with van der Waals surface area (Å²) in [5.74, 6) is -0.190. The summed E-state index contributed by atoms with van der Waals surface area (Å²) in [6.07, 6.45) is 60.6. The Morgan fingerprint density at radius 2 is 0.589 bits per heavy atom. The molecule has 1 atom stereocenters. The van der Waals surface area contributed by atoms with Gasteiger partial charge in [-0.2, -0.15) is 0 Å². The third-order valence-electron chi connectivity index (χ3n) is 12.2. The second kappa shape index (κ2) is 50.5. The Balaban J connectivity index is 3.32. The summed E-state index contributed by atoms with van der Waals surface area (Å²) in [6.45, 7) is 5.42. The van der Waals surface area contributed by atoms with Crippen molar-refractivity contribution in [1.29, 1.82) is 0 Å². The molecule has 0 radical (unpaired) electrons. The highest BCUT2D eigenvalue weighted by atomic mass is 16.6. The predicted molar refractivity (Wildman–Crippen MR) is 247 cm³/mol. The van der Waals surface area contributed by atoms with Gasteiger partial charge in [0.15, 0.2) is 0 Å². The van der Waals surface area contributed by atoms with Gasteiger partial charge in [0, 0.05) is 13.0 Å². The molecule has 0 spiro atoms. The van der Waals surface area contributed by atoms with E-state index in [0.29, 0.717) is 19.6 Å². The fourth-order valence-corrected chi connectivity index (χ4v) is 8.27. The number of aliphatic hydroxyl groups is 1. The Morgan fingerprint density at radius 1 is 0.357 bits per heavy atom. The Morgan fingerprint density at radius 3 is 0.839 bits per heavy atom. The van der Waals surface area contributed by atoms with Crippen molar-refractivity contribution in [3.8, 4) is 0 Å². The lowest BCUT2D eigenvalue weighted by molar-refractivity contribution is -0.154. The van der Waals surface area contributed by atoms with Crippen LogP contribution in [0.25, 0.3) is 0 Å². The summed E-state index contributed by atoms with van der Waals surface area (Å²) in [5.41, 5.74) is 0. The standard InChI is InChI=1S/C52H104O4/c1-3-5-7-9-11-13-15-17-19-21-23-24-25-26-27-28-29-31-33-35-37-39-41-43-45-47-52(54)56-51(49-53)50-55-48-46-44-42-40-38-36-34-32-30-22-20-18-16-14-12-10-8-6-4-2/h51,53H,3-50H2,1-2H3. The first kappa shape index (κ1) is 55.4. The molecule has 0 heterocycles. The van der Waals surface area contributed by atoms with Gasteiger partial charge in [0.25, 0.3) is 0 Å². The second-order valence-electron chi connectivity index (χ2n) is 18.0. The van der Waals surface area contributed by atoms with E-state index in [9.17, 15) is 9.90 Å². The van der Waals surface area contributed by atoms with Gasteiger partial charge >= 0.3 is 5.97 Å². The zero-order valence-electron chi connectivity index (χ0n) is 38.7. The highest BCUT2D eigenvalue weighted by molar-refractivity contribution is 5.69. The lowest BCUT2D eigenvalue weighted by Crippen LogP contribution is -2.27. The van der Waals surface area contributed by atoms with Crippen LogP contribution in [0, 0.1) is 0 Å². The molecule has 0 saturated heterocycles. The van der Waals surface area contributed by atoms with Crippen molar-refractivity contribution in [2.45, 2.75) is 309 Å². The van der Waals surface area contributed by atoms with Gasteiger partial charge in [0.05, 0.1) is 13.2 Å². The maximum absolute atomic E-state index is 12.3. The van der Waals surface area contributed by atoms with Crippen LogP contribution in [0.15, 0.2) is 0 Å². The minimum atomic E-state index is -0.526. The van der Waals surface area contributed by atoms with Crippen molar-refractivity contribution < 1.29 is 19.4 Å². The molecule has 0 aromatic carbocycles. The molecule has 0 bridgehead atoms. The fraction of sp³-hybridized carbons (Fsp3) is 0.981. The molecule has 56 heavy (non-hydrogen) atoms. The van der Waals surface area contributed by atoms with Crippen molar-refractivity contribution in [3.05, 3.63) is 0 Å². The zero-order chi connectivity index (χ0) is 40.5. The molecular formula is C52H104O4. The van der Waals surface area contributed by atoms with E-state index in [1.165, 1.54) is 263 Å². The van der Waals surface area contributed by atoms with Crippen LogP contribution in [0.5, 0.6) is 0 Å². The topological polar surface area (TPSA) is 55.8 Å². The van der Waals surface area contributed by atoms with Crippen molar-refractivity contribution in [3.63, 3.8) is 0 Å². The molecule has 0 aliphatic carbocycles. The van der Waals surface area contributed by atoms with Crippen LogP contribution in [0.1, 0.15) is 303 Å². The Hall–Kier alpha value is -0.610. The van der Waals surface area contributed by atoms with Crippen molar-refractivity contribution in [2.75, 3.05) is 19.8 Å². The van der Waals surface area contributed by atoms with Crippen LogP contribution >= 0.6 is 0 Å². The van der Waals surface area contributed by atoms with Crippen LogP contribution in [0.3, 0.4) is 0 Å². The molecule has 4 nitrogen and oxygen atoms in total. The van der Waals surface area contributed by atoms with E-state index in [1.807, 2.05) is 0 Å². The summed E-state index contributed by atoms with van der Waals surface area (Å²) in [5, 5.41) is 9.65. The van der Waals surface area contributed by atoms with Crippen LogP contribution in [0.4, 0.5) is 0 Å². The molecule has 0 amide bonds. The van der Waals surface area contributed by atoms with Crippen molar-refractivity contribution in [2.24, 2.45) is 0 Å². The molecule has 0 fully saturated rings. The second-order valence-corrected chi connectivity index (χ2v) is 18.0. The molecule has 0 aliphatic heterocycles. The SMILES string of the molecule is CCCCCCCCCCCCCCCCCCCCCCCCCCCC(=O)OC(CO)COCCCCCCCCCCCCCCCCCCCCC. The largest absolute Gasteiger partial charge is 0.457 e. The van der Waals surface area contributed by atoms with Crippen molar-refractivity contribution in [1.82, 2.24) is 0 Å². The van der Waals surface area contributed by atoms with E-state index >= 15 is 0 Å². The number of unbranched alkanes of at least 4 members (excludes halogenated alkanes) is 42. The number of esters is 1. The molecule has 0 aliphatic rings. The smallest absolute Gasteiger partial charge is 0.306 e. The van der Waals surface area contributed by atoms with E-state index in [2.05, 4.69) is 13.8 Å². The van der Waals surface area contributed by atoms with Gasteiger partial charge < -0.3 is 14.6 Å². The number of hydrogen-bond acceptors (Lipinski definition) is 4. The van der Waals surface area contributed by atoms with Gasteiger partial charge in [-0.1, -0.05) is 284 Å². The van der Waals surface area contributed by atoms with E-state index < -0.39 is 6.10 Å². The molecule has 1 N–H and O–H groups in total. The Labute approximate surface area is 353 Å². The molecular weight excluding hydrogens is 689 g/mol. The Kier molecular flexibility index (Phi) is 50.0. The molecule has 1 unspecified atom stereocenters. The first-order chi connectivity index (χ1) is 27.7. The quantitative estimate of drug-likeness (QED) is 0.0492. The maximum Gasteiger partial charge on any atom is 0.306 e. The van der Waals surface area contributed by atoms with Crippen LogP contribution in [-0.4, -0.2) is 37.0 Å². The summed E-state index contributed by atoms with van der Waals surface area (Å²) in [4.78, 5) is 12.3. The van der Waals surface area contributed by atoms with Crippen LogP contribution in [-0.2, 0) is 14.3 Å². The summed E-state index contributed by atoms with van der Waals surface area (Å²) in [7, 11) is 0. The van der Waals surface area contributed by atoms with Gasteiger partial charge in [-0.25, -0.2) is 0 Å². The average molecular weight is 793 g/mol. The van der Waals surface area contributed by atoms with Crippen LogP contribution in [0.2, 0.25) is 0 Å². The number of carbonyl (C=O) groups excluding carboxylic acids is 1. The van der Waals surface area contributed by atoms with E-state index in [1.54, 1.807) is 0 Å². The van der Waals surface area contributed by atoms with E-state index in [0.717, 1.165) is 19.3 Å². The molecule has 0 aromatic heterocycles. The highest BCUT2D eigenvalue weighted by Crippen LogP contribution is 2.17. The van der Waals surface area contributed by atoms with E-state index in [4.69, 9.17) is 9.47 Å². The van der Waals surface area contributed by atoms with Gasteiger partial charge in [-0.05, 0) is 12.8 Å². The van der Waals surface area contributed by atoms with Gasteiger partial charge in [0.2, 0.25) is 0 Å². The number of hydrogen-bond donors (Lipinski definition) is 1. The number of carbonyl (C=O) groups is 1. The van der Waals surface area contributed by atoms with E-state index in [-0.39, 0.29) is 12.6 Å². The fourth-order valence-electron chi connectivity index (χ4n) is 8.27. The number of rotatable bonds is 50. The third kappa shape index (κ3) is 47.8. The normalized spacial score (nSPS) is 12.1. The average Bonchev–Trinajstić information content (AvgIpc) is 3.20. The minimum absolute atomic E-state index is 0.162. The first-order valence-corrected chi connectivity index (χ1v) is 26.1. The summed E-state index contributed by atoms with van der Waals surface area (Å²) in [6, 6.07) is 0. The minimum Gasteiger partial charge on any atom is -0.457 e. The predicted octanol–water partition coefficient (Wildman–Crippen LogP) is 17.5. The van der Waals surface area contributed by atoms with Gasteiger partial charge in [-0.3, -0.25) is 4.79 Å². The maximum atomic E-state index is 12.3. The lowest BCUT2D eigenvalue weighted by Gasteiger charge is -2.16. The Bertz CT molecular complexity index is 711. The first-order valence-electron chi connectivity index (χ1n) is 26.1. The highest BCUT2D eigenvalue weighted by Gasteiger charge is 2.13. The summed E-state index contributed by atoms with van der Waals surface area (Å²) >= 11 is 0. The van der Waals surface area contributed by atoms with Crippen molar-refractivity contribution >= 4 is 5.97 Å². The lowest BCUT2D eigenvalue weighted by atomic mass is 10.0. The molecule has 0 rings (SSSR count). The zero-order valence-corrected chi connectivity index (χ0v) is 38.7. The summed E-state index contributed by atoms with van der Waals surface area (Å²) < 4.78 is 11.2.